The van der Waals surface area contributed by atoms with E-state index in [0.717, 1.165) is 6.26 Å². The van der Waals surface area contributed by atoms with Crippen LogP contribution in [0, 0.1) is 0 Å². The van der Waals surface area contributed by atoms with Crippen molar-refractivity contribution in [3.05, 3.63) is 57.0 Å². The van der Waals surface area contributed by atoms with Gasteiger partial charge in [0.2, 0.25) is 21.8 Å². The SMILES string of the molecule is CCNC(=O)C(CC)N(Cc1c(Cl)cccc1Cl)C(=O)CCCN(c1ccc(OC)c(Cl)c1)S(C)(=O)=O. The van der Waals surface area contributed by atoms with Crippen molar-refractivity contribution in [2.75, 3.05) is 30.8 Å². The van der Waals surface area contributed by atoms with E-state index in [1.807, 2.05) is 6.92 Å². The average molecular weight is 593 g/mol. The van der Waals surface area contributed by atoms with Crippen LogP contribution in [-0.2, 0) is 26.2 Å². The van der Waals surface area contributed by atoms with E-state index >= 15 is 0 Å². The molecule has 0 fully saturated rings. The van der Waals surface area contributed by atoms with Crippen LogP contribution in [0.2, 0.25) is 15.1 Å². The molecule has 0 saturated carbocycles. The highest BCUT2D eigenvalue weighted by atomic mass is 35.5. The minimum absolute atomic E-state index is 0.00607. The summed E-state index contributed by atoms with van der Waals surface area (Å²) in [5.74, 6) is -0.193. The number of amides is 2. The summed E-state index contributed by atoms with van der Waals surface area (Å²) in [6.45, 7) is 4.10. The number of ether oxygens (including phenoxy) is 1. The van der Waals surface area contributed by atoms with Crippen LogP contribution in [0.4, 0.5) is 5.69 Å². The molecule has 0 aliphatic carbocycles. The number of carbonyl (C=O) groups excluding carboxylic acids is 2. The van der Waals surface area contributed by atoms with Crippen LogP contribution >= 0.6 is 34.8 Å². The first-order chi connectivity index (χ1) is 17.4. The summed E-state index contributed by atoms with van der Waals surface area (Å²) in [7, 11) is -2.20. The fraction of sp³-hybridized carbons (Fsp3) is 0.440. The van der Waals surface area contributed by atoms with Gasteiger partial charge in [0.1, 0.15) is 11.8 Å². The number of hydrogen-bond donors (Lipinski definition) is 1. The predicted octanol–water partition coefficient (Wildman–Crippen LogP) is 5.15. The zero-order valence-electron chi connectivity index (χ0n) is 21.3. The van der Waals surface area contributed by atoms with Gasteiger partial charge in [0, 0.05) is 41.7 Å². The van der Waals surface area contributed by atoms with Crippen molar-refractivity contribution in [2.24, 2.45) is 0 Å². The van der Waals surface area contributed by atoms with Crippen molar-refractivity contribution in [3.8, 4) is 5.75 Å². The molecule has 204 valence electrons. The maximum absolute atomic E-state index is 13.4. The minimum atomic E-state index is -3.66. The Morgan fingerprint density at radius 3 is 2.22 bits per heavy atom. The highest BCUT2D eigenvalue weighted by Crippen LogP contribution is 2.31. The standard InChI is InChI=1S/C25H32Cl3N3O5S/c1-5-22(25(33)29-6-2)30(16-18-19(26)9-7-10-20(18)27)24(32)11-8-14-31(37(4,34)35)17-12-13-23(36-3)21(28)15-17/h7,9-10,12-13,15,22H,5-6,8,11,14,16H2,1-4H3,(H,29,33). The highest BCUT2D eigenvalue weighted by Gasteiger charge is 2.29. The van der Waals surface area contributed by atoms with Crippen LogP contribution in [0.25, 0.3) is 0 Å². The maximum atomic E-state index is 13.4. The third-order valence-electron chi connectivity index (χ3n) is 5.70. The van der Waals surface area contributed by atoms with Gasteiger partial charge in [-0.2, -0.15) is 0 Å². The Balaban J connectivity index is 2.27. The molecule has 0 spiro atoms. The van der Waals surface area contributed by atoms with Gasteiger partial charge in [-0.3, -0.25) is 13.9 Å². The van der Waals surface area contributed by atoms with Gasteiger partial charge in [0.15, 0.2) is 0 Å². The molecule has 2 aromatic carbocycles. The molecule has 8 nitrogen and oxygen atoms in total. The van der Waals surface area contributed by atoms with Crippen LogP contribution in [-0.4, -0.2) is 57.6 Å². The highest BCUT2D eigenvalue weighted by molar-refractivity contribution is 7.92. The first-order valence-electron chi connectivity index (χ1n) is 11.8. The van der Waals surface area contributed by atoms with Crippen molar-refractivity contribution in [3.63, 3.8) is 0 Å². The molecule has 37 heavy (non-hydrogen) atoms. The molecule has 0 heterocycles. The maximum Gasteiger partial charge on any atom is 0.242 e. The molecule has 0 bridgehead atoms. The molecule has 2 aromatic rings. The van der Waals surface area contributed by atoms with E-state index in [1.165, 1.54) is 22.4 Å². The van der Waals surface area contributed by atoms with Crippen LogP contribution in [0.3, 0.4) is 0 Å². The van der Waals surface area contributed by atoms with E-state index in [2.05, 4.69) is 5.32 Å². The second kappa shape index (κ2) is 14.1. The van der Waals surface area contributed by atoms with Crippen molar-refractivity contribution in [2.45, 2.75) is 45.7 Å². The van der Waals surface area contributed by atoms with Gasteiger partial charge in [-0.25, -0.2) is 8.42 Å². The molecule has 1 unspecified atom stereocenters. The van der Waals surface area contributed by atoms with E-state index in [9.17, 15) is 18.0 Å². The molecule has 2 rings (SSSR count). The Kier molecular flexibility index (Phi) is 11.8. The summed E-state index contributed by atoms with van der Waals surface area (Å²) in [4.78, 5) is 27.7. The summed E-state index contributed by atoms with van der Waals surface area (Å²) in [6.07, 6.45) is 1.66. The predicted molar refractivity (Wildman–Crippen MR) is 149 cm³/mol. The first-order valence-corrected chi connectivity index (χ1v) is 14.7. The lowest BCUT2D eigenvalue weighted by atomic mass is 10.1. The lowest BCUT2D eigenvalue weighted by Crippen LogP contribution is -2.49. The smallest absolute Gasteiger partial charge is 0.242 e. The molecule has 0 saturated heterocycles. The number of benzene rings is 2. The summed E-state index contributed by atoms with van der Waals surface area (Å²) in [5, 5.41) is 3.80. The van der Waals surface area contributed by atoms with Gasteiger partial charge in [0.25, 0.3) is 0 Å². The van der Waals surface area contributed by atoms with E-state index < -0.39 is 16.1 Å². The monoisotopic (exact) mass is 591 g/mol. The number of anilines is 1. The Hall–Kier alpha value is -2.20. The van der Waals surface area contributed by atoms with Gasteiger partial charge in [-0.1, -0.05) is 47.8 Å². The van der Waals surface area contributed by atoms with Gasteiger partial charge in [-0.05, 0) is 50.1 Å². The molecule has 0 aliphatic rings. The number of hydrogen-bond acceptors (Lipinski definition) is 5. The normalized spacial score (nSPS) is 12.1. The quantitative estimate of drug-likeness (QED) is 0.347. The van der Waals surface area contributed by atoms with Crippen LogP contribution < -0.4 is 14.4 Å². The zero-order chi connectivity index (χ0) is 27.8. The van der Waals surface area contributed by atoms with E-state index in [1.54, 1.807) is 37.3 Å². The van der Waals surface area contributed by atoms with Gasteiger partial charge in [0.05, 0.1) is 24.1 Å². The van der Waals surface area contributed by atoms with E-state index in [0.29, 0.717) is 40.0 Å². The number of sulfonamides is 1. The van der Waals surface area contributed by atoms with Crippen molar-refractivity contribution in [1.82, 2.24) is 10.2 Å². The number of nitrogens with one attached hydrogen (secondary N) is 1. The Bertz CT molecular complexity index is 1190. The van der Waals surface area contributed by atoms with Crippen LogP contribution in [0.15, 0.2) is 36.4 Å². The average Bonchev–Trinajstić information content (AvgIpc) is 2.82. The van der Waals surface area contributed by atoms with Crippen LogP contribution in [0.5, 0.6) is 5.75 Å². The Morgan fingerprint density at radius 2 is 1.70 bits per heavy atom. The fourth-order valence-electron chi connectivity index (χ4n) is 3.88. The van der Waals surface area contributed by atoms with Gasteiger partial charge in [-0.15, -0.1) is 0 Å². The molecule has 0 radical (unpaired) electrons. The Labute approximate surface area is 233 Å². The lowest BCUT2D eigenvalue weighted by Gasteiger charge is -2.31. The second-order valence-electron chi connectivity index (χ2n) is 8.30. The molecule has 1 N–H and O–H groups in total. The molecule has 2 amide bonds. The molecule has 1 atom stereocenters. The number of rotatable bonds is 13. The fourth-order valence-corrected chi connectivity index (χ4v) is 5.61. The third-order valence-corrected chi connectivity index (χ3v) is 7.90. The molecule has 12 heteroatoms. The third kappa shape index (κ3) is 8.40. The number of nitrogens with zero attached hydrogens (tertiary/aromatic N) is 2. The number of halogens is 3. The van der Waals surface area contributed by atoms with Crippen molar-refractivity contribution < 1.29 is 22.7 Å². The molecule has 0 aliphatic heterocycles. The lowest BCUT2D eigenvalue weighted by molar-refractivity contribution is -0.141. The molecular weight excluding hydrogens is 561 g/mol. The summed E-state index contributed by atoms with van der Waals surface area (Å²) >= 11 is 18.9. The molecule has 0 aromatic heterocycles. The molecular formula is C25H32Cl3N3O5S. The summed E-state index contributed by atoms with van der Waals surface area (Å²) in [5.41, 5.74) is 0.891. The van der Waals surface area contributed by atoms with Gasteiger partial charge < -0.3 is 15.0 Å². The summed E-state index contributed by atoms with van der Waals surface area (Å²) < 4.78 is 31.3. The largest absolute Gasteiger partial charge is 0.495 e. The van der Waals surface area contributed by atoms with Crippen molar-refractivity contribution in [1.29, 1.82) is 0 Å². The first kappa shape index (κ1) is 31.0. The van der Waals surface area contributed by atoms with Gasteiger partial charge >= 0.3 is 0 Å². The number of methoxy groups -OCH3 is 1. The second-order valence-corrected chi connectivity index (χ2v) is 11.4. The topological polar surface area (TPSA) is 96.0 Å². The minimum Gasteiger partial charge on any atom is -0.495 e. The number of likely N-dealkylation sites (N-methyl/N-ethyl adjacent to an activating group) is 1. The van der Waals surface area contributed by atoms with Crippen LogP contribution in [0.1, 0.15) is 38.7 Å². The van der Waals surface area contributed by atoms with Crippen molar-refractivity contribution >= 4 is 62.3 Å². The van der Waals surface area contributed by atoms with E-state index in [4.69, 9.17) is 39.5 Å². The summed E-state index contributed by atoms with van der Waals surface area (Å²) in [6, 6.07) is 8.95. The Morgan fingerprint density at radius 1 is 1.05 bits per heavy atom. The number of carbonyl (C=O) groups is 2. The zero-order valence-corrected chi connectivity index (χ0v) is 24.3. The van der Waals surface area contributed by atoms with E-state index in [-0.39, 0.29) is 42.8 Å².